The van der Waals surface area contributed by atoms with Gasteiger partial charge in [0.15, 0.2) is 0 Å². The average molecular weight is 284 g/mol. The zero-order valence-corrected chi connectivity index (χ0v) is 12.0. The van der Waals surface area contributed by atoms with Crippen molar-refractivity contribution in [2.24, 2.45) is 0 Å². The summed E-state index contributed by atoms with van der Waals surface area (Å²) in [5.41, 5.74) is 5.16. The van der Waals surface area contributed by atoms with Crippen LogP contribution in [-0.2, 0) is 0 Å². The van der Waals surface area contributed by atoms with Gasteiger partial charge >= 0.3 is 0 Å². The zero-order valence-electron chi connectivity index (χ0n) is 12.0. The first-order valence-corrected chi connectivity index (χ1v) is 7.05. The Morgan fingerprint density at radius 2 is 1.95 bits per heavy atom. The van der Waals surface area contributed by atoms with Crippen molar-refractivity contribution in [2.45, 2.75) is 6.92 Å². The van der Waals surface area contributed by atoms with Crippen LogP contribution in [0.1, 0.15) is 11.1 Å². The lowest BCUT2D eigenvalue weighted by molar-refractivity contribution is 0.669. The number of aryl methyl sites for hydroxylation is 1. The molecular formula is C19H12N2O. The highest BCUT2D eigenvalue weighted by Gasteiger charge is 2.13. The van der Waals surface area contributed by atoms with Crippen molar-refractivity contribution in [3.8, 4) is 17.3 Å². The van der Waals surface area contributed by atoms with Crippen LogP contribution in [-0.4, -0.2) is 4.98 Å². The van der Waals surface area contributed by atoms with E-state index in [9.17, 15) is 0 Å². The van der Waals surface area contributed by atoms with Crippen molar-refractivity contribution in [2.75, 3.05) is 0 Å². The molecule has 0 N–H and O–H groups in total. The molecule has 0 bridgehead atoms. The van der Waals surface area contributed by atoms with Crippen molar-refractivity contribution in [3.63, 3.8) is 0 Å². The lowest BCUT2D eigenvalue weighted by atomic mass is 10.0. The Kier molecular flexibility index (Phi) is 2.70. The molecule has 0 spiro atoms. The van der Waals surface area contributed by atoms with Crippen LogP contribution in [0.3, 0.4) is 0 Å². The number of hydrogen-bond donors (Lipinski definition) is 0. The summed E-state index contributed by atoms with van der Waals surface area (Å²) in [6.07, 6.45) is 1.81. The van der Waals surface area contributed by atoms with Crippen molar-refractivity contribution < 1.29 is 4.42 Å². The molecule has 4 aromatic rings. The van der Waals surface area contributed by atoms with Gasteiger partial charge in [0.25, 0.3) is 0 Å². The molecule has 2 aromatic heterocycles. The van der Waals surface area contributed by atoms with E-state index in [0.29, 0.717) is 5.56 Å². The standard InChI is InChI=1S/C19H12N2O/c1-12-7-8-21-17(9-12)16-4-2-3-15-14-6-5-13(11-20)10-18(14)22-19(15)16/h2-10H,1H3. The lowest BCUT2D eigenvalue weighted by Gasteiger charge is -2.02. The first-order chi connectivity index (χ1) is 10.8. The molecule has 0 aliphatic rings. The van der Waals surface area contributed by atoms with Gasteiger partial charge in [0.05, 0.1) is 17.3 Å². The van der Waals surface area contributed by atoms with Crippen LogP contribution < -0.4 is 0 Å². The molecule has 4 rings (SSSR count). The Labute approximate surface area is 127 Å². The Hall–Kier alpha value is -3.12. The third-order valence-corrected chi connectivity index (χ3v) is 3.82. The second kappa shape index (κ2) is 4.71. The monoisotopic (exact) mass is 284 g/mol. The largest absolute Gasteiger partial charge is 0.455 e. The fourth-order valence-corrected chi connectivity index (χ4v) is 2.75. The van der Waals surface area contributed by atoms with Crippen molar-refractivity contribution in [1.29, 1.82) is 5.26 Å². The summed E-state index contributed by atoms with van der Waals surface area (Å²) >= 11 is 0. The molecule has 3 heteroatoms. The van der Waals surface area contributed by atoms with Crippen LogP contribution in [0.25, 0.3) is 33.2 Å². The number of pyridine rings is 1. The van der Waals surface area contributed by atoms with Crippen LogP contribution in [0.2, 0.25) is 0 Å². The third-order valence-electron chi connectivity index (χ3n) is 3.82. The molecule has 22 heavy (non-hydrogen) atoms. The number of hydrogen-bond acceptors (Lipinski definition) is 3. The average Bonchev–Trinajstić information content (AvgIpc) is 2.92. The van der Waals surface area contributed by atoms with E-state index in [-0.39, 0.29) is 0 Å². The topological polar surface area (TPSA) is 49.8 Å². The van der Waals surface area contributed by atoms with Crippen LogP contribution in [0, 0.1) is 18.3 Å². The second-order valence-electron chi connectivity index (χ2n) is 5.33. The number of rotatable bonds is 1. The quantitative estimate of drug-likeness (QED) is 0.503. The maximum absolute atomic E-state index is 9.03. The van der Waals surface area contributed by atoms with Gasteiger partial charge in [-0.3, -0.25) is 4.98 Å². The molecule has 104 valence electrons. The lowest BCUT2D eigenvalue weighted by Crippen LogP contribution is -1.84. The minimum atomic E-state index is 0.599. The molecule has 0 saturated heterocycles. The Morgan fingerprint density at radius 1 is 1.05 bits per heavy atom. The van der Waals surface area contributed by atoms with Crippen molar-refractivity contribution in [3.05, 3.63) is 65.9 Å². The number of furan rings is 1. The summed E-state index contributed by atoms with van der Waals surface area (Å²) < 4.78 is 6.03. The van der Waals surface area contributed by atoms with Crippen LogP contribution in [0.4, 0.5) is 0 Å². The van der Waals surface area contributed by atoms with Crippen LogP contribution >= 0.6 is 0 Å². The number of nitriles is 1. The molecule has 0 radical (unpaired) electrons. The Balaban J connectivity index is 2.07. The van der Waals surface area contributed by atoms with Gasteiger partial charge in [0.2, 0.25) is 0 Å². The van der Waals surface area contributed by atoms with Crippen molar-refractivity contribution in [1.82, 2.24) is 4.98 Å². The summed E-state index contributed by atoms with van der Waals surface area (Å²) in [5, 5.41) is 11.1. The molecule has 0 unspecified atom stereocenters. The molecule has 3 nitrogen and oxygen atoms in total. The van der Waals surface area contributed by atoms with Gasteiger partial charge < -0.3 is 4.42 Å². The smallest absolute Gasteiger partial charge is 0.144 e. The fraction of sp³-hybridized carbons (Fsp3) is 0.0526. The van der Waals surface area contributed by atoms with E-state index in [4.69, 9.17) is 9.68 Å². The SMILES string of the molecule is Cc1ccnc(-c2cccc3c2oc2cc(C#N)ccc23)c1. The van der Waals surface area contributed by atoms with E-state index < -0.39 is 0 Å². The molecule has 0 fully saturated rings. The summed E-state index contributed by atoms with van der Waals surface area (Å²) in [5.74, 6) is 0. The number of nitrogens with zero attached hydrogens (tertiary/aromatic N) is 2. The van der Waals surface area contributed by atoms with Gasteiger partial charge in [-0.25, -0.2) is 0 Å². The maximum atomic E-state index is 9.03. The minimum Gasteiger partial charge on any atom is -0.455 e. The highest BCUT2D eigenvalue weighted by Crippen LogP contribution is 2.35. The molecule has 2 heterocycles. The fourth-order valence-electron chi connectivity index (χ4n) is 2.75. The Morgan fingerprint density at radius 3 is 2.77 bits per heavy atom. The molecule has 2 aromatic carbocycles. The normalized spacial score (nSPS) is 10.9. The predicted molar refractivity (Wildman–Crippen MR) is 86.4 cm³/mol. The number of benzene rings is 2. The van der Waals surface area contributed by atoms with Gasteiger partial charge in [0.1, 0.15) is 11.2 Å². The van der Waals surface area contributed by atoms with Crippen LogP contribution in [0.15, 0.2) is 59.1 Å². The van der Waals surface area contributed by atoms with Gasteiger partial charge in [0, 0.05) is 22.5 Å². The summed E-state index contributed by atoms with van der Waals surface area (Å²) in [6.45, 7) is 2.04. The first-order valence-electron chi connectivity index (χ1n) is 7.05. The van der Waals surface area contributed by atoms with Gasteiger partial charge in [-0.05, 0) is 48.9 Å². The van der Waals surface area contributed by atoms with E-state index in [1.807, 2.05) is 49.4 Å². The highest BCUT2D eigenvalue weighted by molar-refractivity contribution is 6.09. The van der Waals surface area contributed by atoms with Crippen molar-refractivity contribution >= 4 is 21.9 Å². The van der Waals surface area contributed by atoms with E-state index in [1.165, 1.54) is 0 Å². The highest BCUT2D eigenvalue weighted by atomic mass is 16.3. The molecule has 0 amide bonds. The minimum absolute atomic E-state index is 0.599. The van der Waals surface area contributed by atoms with Gasteiger partial charge in [-0.15, -0.1) is 0 Å². The second-order valence-corrected chi connectivity index (χ2v) is 5.33. The van der Waals surface area contributed by atoms with E-state index >= 15 is 0 Å². The maximum Gasteiger partial charge on any atom is 0.144 e. The molecule has 0 saturated carbocycles. The summed E-state index contributed by atoms with van der Waals surface area (Å²) in [6, 6.07) is 17.8. The molecule has 0 atom stereocenters. The third kappa shape index (κ3) is 1.86. The van der Waals surface area contributed by atoms with E-state index in [1.54, 1.807) is 12.3 Å². The number of fused-ring (bicyclic) bond motifs is 3. The molecular weight excluding hydrogens is 272 g/mol. The summed E-state index contributed by atoms with van der Waals surface area (Å²) in [4.78, 5) is 4.45. The number of para-hydroxylation sites is 1. The van der Waals surface area contributed by atoms with Gasteiger partial charge in [-0.2, -0.15) is 5.26 Å². The Bertz CT molecular complexity index is 1050. The summed E-state index contributed by atoms with van der Waals surface area (Å²) in [7, 11) is 0. The first kappa shape index (κ1) is 12.6. The van der Waals surface area contributed by atoms with E-state index in [0.717, 1.165) is 38.8 Å². The molecule has 0 aliphatic carbocycles. The molecule has 0 aliphatic heterocycles. The number of aromatic nitrogens is 1. The van der Waals surface area contributed by atoms with Gasteiger partial charge in [-0.1, -0.05) is 12.1 Å². The van der Waals surface area contributed by atoms with Crippen LogP contribution in [0.5, 0.6) is 0 Å². The zero-order chi connectivity index (χ0) is 15.1. The predicted octanol–water partition coefficient (Wildman–Crippen LogP) is 4.83. The van der Waals surface area contributed by atoms with E-state index in [2.05, 4.69) is 11.1 Å².